The average molecular weight is 330 g/mol. The van der Waals surface area contributed by atoms with E-state index >= 15 is 0 Å². The van der Waals surface area contributed by atoms with Crippen molar-refractivity contribution in [3.63, 3.8) is 0 Å². The predicted molar refractivity (Wildman–Crippen MR) is 92.4 cm³/mol. The number of aldehydes is 1. The molecule has 2 amide bonds. The van der Waals surface area contributed by atoms with Crippen LogP contribution in [0.2, 0.25) is 0 Å². The van der Waals surface area contributed by atoms with E-state index in [1.165, 1.54) is 4.90 Å². The summed E-state index contributed by atoms with van der Waals surface area (Å²) in [6.45, 7) is 0.472. The van der Waals surface area contributed by atoms with Crippen molar-refractivity contribution in [3.05, 3.63) is 35.9 Å². The molecule has 1 aromatic rings. The number of carbonyl (C=O) groups excluding carboxylic acids is 3. The molecule has 5 nitrogen and oxygen atoms in total. The van der Waals surface area contributed by atoms with Gasteiger partial charge in [0.05, 0.1) is 13.1 Å². The standard InChI is InChI=1S/C19H26N2O3/c22-14-13-21(19(24)17-9-5-2-6-10-17)15-18(23)20-12-11-16-7-3-1-4-8-16/h1,3-4,7-8,14,17H,2,5-6,9-13,15H2,(H,20,23). The molecule has 1 aliphatic rings. The number of hydrogen-bond donors (Lipinski definition) is 1. The monoisotopic (exact) mass is 330 g/mol. The molecule has 5 heteroatoms. The Morgan fingerprint density at radius 2 is 1.83 bits per heavy atom. The molecular formula is C19H26N2O3. The van der Waals surface area contributed by atoms with Crippen molar-refractivity contribution >= 4 is 18.1 Å². The van der Waals surface area contributed by atoms with Gasteiger partial charge in [0.15, 0.2) is 0 Å². The van der Waals surface area contributed by atoms with E-state index in [2.05, 4.69) is 5.32 Å². The minimum absolute atomic E-state index is 0.0125. The molecule has 0 bridgehead atoms. The summed E-state index contributed by atoms with van der Waals surface area (Å²) < 4.78 is 0. The number of nitrogens with one attached hydrogen (secondary N) is 1. The third-order valence-electron chi connectivity index (χ3n) is 4.47. The van der Waals surface area contributed by atoms with Crippen LogP contribution >= 0.6 is 0 Å². The van der Waals surface area contributed by atoms with Crippen LogP contribution in [0, 0.1) is 5.92 Å². The molecule has 0 saturated heterocycles. The summed E-state index contributed by atoms with van der Waals surface area (Å²) in [6.07, 6.45) is 6.43. The van der Waals surface area contributed by atoms with Crippen molar-refractivity contribution in [2.75, 3.05) is 19.6 Å². The van der Waals surface area contributed by atoms with E-state index in [4.69, 9.17) is 0 Å². The molecule has 1 aromatic carbocycles. The smallest absolute Gasteiger partial charge is 0.239 e. The van der Waals surface area contributed by atoms with Crippen LogP contribution in [0.25, 0.3) is 0 Å². The second kappa shape index (κ2) is 9.85. The fraction of sp³-hybridized carbons (Fsp3) is 0.526. The molecule has 2 rings (SSSR count). The summed E-state index contributed by atoms with van der Waals surface area (Å²) in [5.74, 6) is -0.298. The molecule has 1 aliphatic carbocycles. The van der Waals surface area contributed by atoms with Crippen LogP contribution in [0.1, 0.15) is 37.7 Å². The molecule has 1 N–H and O–H groups in total. The van der Waals surface area contributed by atoms with Gasteiger partial charge < -0.3 is 15.0 Å². The lowest BCUT2D eigenvalue weighted by molar-refractivity contribution is -0.141. The maximum Gasteiger partial charge on any atom is 0.239 e. The topological polar surface area (TPSA) is 66.5 Å². The number of carbonyl (C=O) groups is 3. The Balaban J connectivity index is 1.79. The van der Waals surface area contributed by atoms with Gasteiger partial charge in [-0.2, -0.15) is 0 Å². The molecule has 1 saturated carbocycles. The highest BCUT2D eigenvalue weighted by molar-refractivity contribution is 5.87. The Labute approximate surface area is 143 Å². The number of rotatable bonds is 8. The van der Waals surface area contributed by atoms with Crippen LogP contribution in [0.4, 0.5) is 0 Å². The lowest BCUT2D eigenvalue weighted by atomic mass is 9.88. The van der Waals surface area contributed by atoms with Gasteiger partial charge in [-0.05, 0) is 24.8 Å². The van der Waals surface area contributed by atoms with Crippen molar-refractivity contribution < 1.29 is 14.4 Å². The Morgan fingerprint density at radius 3 is 2.50 bits per heavy atom. The van der Waals surface area contributed by atoms with E-state index < -0.39 is 0 Å². The van der Waals surface area contributed by atoms with E-state index in [1.807, 2.05) is 30.3 Å². The number of hydrogen-bond acceptors (Lipinski definition) is 3. The van der Waals surface area contributed by atoms with Crippen molar-refractivity contribution in [1.82, 2.24) is 10.2 Å². The van der Waals surface area contributed by atoms with Crippen LogP contribution in [0.15, 0.2) is 30.3 Å². The van der Waals surface area contributed by atoms with Crippen molar-refractivity contribution in [2.24, 2.45) is 5.92 Å². The third kappa shape index (κ3) is 5.80. The Bertz CT molecular complexity index is 539. The van der Waals surface area contributed by atoms with Crippen molar-refractivity contribution in [3.8, 4) is 0 Å². The van der Waals surface area contributed by atoms with E-state index in [1.54, 1.807) is 0 Å². The van der Waals surface area contributed by atoms with Crippen LogP contribution in [0.3, 0.4) is 0 Å². The normalized spacial score (nSPS) is 14.8. The summed E-state index contributed by atoms with van der Waals surface area (Å²) in [7, 11) is 0. The molecule has 0 atom stereocenters. The van der Waals surface area contributed by atoms with Gasteiger partial charge in [-0.1, -0.05) is 49.6 Å². The summed E-state index contributed by atoms with van der Waals surface area (Å²) in [5, 5.41) is 2.83. The molecule has 1 fully saturated rings. The van der Waals surface area contributed by atoms with Gasteiger partial charge in [0.2, 0.25) is 11.8 Å². The predicted octanol–water partition coefficient (Wildman–Crippen LogP) is 1.95. The van der Waals surface area contributed by atoms with E-state index in [9.17, 15) is 14.4 Å². The molecule has 0 radical (unpaired) electrons. The summed E-state index contributed by atoms with van der Waals surface area (Å²) in [4.78, 5) is 36.8. The highest BCUT2D eigenvalue weighted by Crippen LogP contribution is 2.25. The first-order chi connectivity index (χ1) is 11.7. The average Bonchev–Trinajstić information content (AvgIpc) is 2.62. The first-order valence-electron chi connectivity index (χ1n) is 8.73. The minimum atomic E-state index is -0.211. The van der Waals surface area contributed by atoms with Gasteiger partial charge in [-0.15, -0.1) is 0 Å². The van der Waals surface area contributed by atoms with Crippen molar-refractivity contribution in [2.45, 2.75) is 38.5 Å². The van der Waals surface area contributed by atoms with Gasteiger partial charge in [0, 0.05) is 12.5 Å². The van der Waals surface area contributed by atoms with E-state index in [-0.39, 0.29) is 30.8 Å². The zero-order chi connectivity index (χ0) is 17.2. The van der Waals surface area contributed by atoms with Crippen LogP contribution < -0.4 is 5.32 Å². The van der Waals surface area contributed by atoms with Gasteiger partial charge in [-0.25, -0.2) is 0 Å². The summed E-state index contributed by atoms with van der Waals surface area (Å²) in [6, 6.07) is 9.91. The SMILES string of the molecule is O=CCN(CC(=O)NCCc1ccccc1)C(=O)C1CCCCC1. The first-order valence-corrected chi connectivity index (χ1v) is 8.73. The van der Waals surface area contributed by atoms with Crippen LogP contribution in [0.5, 0.6) is 0 Å². The highest BCUT2D eigenvalue weighted by Gasteiger charge is 2.26. The lowest BCUT2D eigenvalue weighted by Crippen LogP contribution is -2.44. The summed E-state index contributed by atoms with van der Waals surface area (Å²) >= 11 is 0. The molecule has 0 aliphatic heterocycles. The maximum absolute atomic E-state index is 12.5. The molecule has 0 spiro atoms. The number of amides is 2. The molecular weight excluding hydrogens is 304 g/mol. The summed E-state index contributed by atoms with van der Waals surface area (Å²) in [5.41, 5.74) is 1.15. The van der Waals surface area contributed by atoms with Gasteiger partial charge in [0.25, 0.3) is 0 Å². The zero-order valence-electron chi connectivity index (χ0n) is 14.1. The molecule has 0 heterocycles. The molecule has 130 valence electrons. The second-order valence-corrected chi connectivity index (χ2v) is 6.31. The second-order valence-electron chi connectivity index (χ2n) is 6.31. The fourth-order valence-corrected chi connectivity index (χ4v) is 3.15. The zero-order valence-corrected chi connectivity index (χ0v) is 14.1. The van der Waals surface area contributed by atoms with Gasteiger partial charge in [-0.3, -0.25) is 9.59 Å². The van der Waals surface area contributed by atoms with E-state index in [0.717, 1.165) is 44.1 Å². The largest absolute Gasteiger partial charge is 0.354 e. The molecule has 24 heavy (non-hydrogen) atoms. The number of benzene rings is 1. The van der Waals surface area contributed by atoms with Crippen LogP contribution in [-0.2, 0) is 20.8 Å². The van der Waals surface area contributed by atoms with Gasteiger partial charge >= 0.3 is 0 Å². The minimum Gasteiger partial charge on any atom is -0.354 e. The quantitative estimate of drug-likeness (QED) is 0.741. The Morgan fingerprint density at radius 1 is 1.12 bits per heavy atom. The third-order valence-corrected chi connectivity index (χ3v) is 4.47. The number of nitrogens with zero attached hydrogens (tertiary/aromatic N) is 1. The first kappa shape index (κ1) is 18.2. The molecule has 0 unspecified atom stereocenters. The van der Waals surface area contributed by atoms with E-state index in [0.29, 0.717) is 12.8 Å². The fourth-order valence-electron chi connectivity index (χ4n) is 3.15. The van der Waals surface area contributed by atoms with Crippen LogP contribution in [-0.4, -0.2) is 42.6 Å². The molecule has 0 aromatic heterocycles. The Kier molecular flexibility index (Phi) is 7.46. The lowest BCUT2D eigenvalue weighted by Gasteiger charge is -2.27. The van der Waals surface area contributed by atoms with Gasteiger partial charge in [0.1, 0.15) is 6.29 Å². The maximum atomic E-state index is 12.5. The highest BCUT2D eigenvalue weighted by atomic mass is 16.2. The van der Waals surface area contributed by atoms with Crippen molar-refractivity contribution in [1.29, 1.82) is 0 Å². The Hall–Kier alpha value is -2.17.